The fourth-order valence-electron chi connectivity index (χ4n) is 3.77. The quantitative estimate of drug-likeness (QED) is 0.387. The molecular weight excluding hydrogens is 468 g/mol. The smallest absolute Gasteiger partial charge is 0.265 e. The average molecular weight is 505 g/mol. The van der Waals surface area contributed by atoms with E-state index in [1.54, 1.807) is 45.4 Å². The molecule has 2 amide bonds. The maximum Gasteiger partial charge on any atom is 0.265 e. The van der Waals surface area contributed by atoms with Gasteiger partial charge >= 0.3 is 0 Å². The highest BCUT2D eigenvalue weighted by molar-refractivity contribution is 6.04. The molecule has 0 saturated carbocycles. The zero-order chi connectivity index (χ0) is 27.0. The molecule has 3 aromatic rings. The van der Waals surface area contributed by atoms with Crippen LogP contribution in [0.1, 0.15) is 49.2 Å². The first-order chi connectivity index (χ1) is 17.6. The Labute approximate surface area is 219 Å². The van der Waals surface area contributed by atoms with Crippen molar-refractivity contribution in [1.29, 1.82) is 0 Å². The highest BCUT2D eigenvalue weighted by Gasteiger charge is 2.19. The van der Waals surface area contributed by atoms with Crippen LogP contribution in [0.4, 0.5) is 5.69 Å². The van der Waals surface area contributed by atoms with Gasteiger partial charge in [-0.25, -0.2) is 0 Å². The predicted molar refractivity (Wildman–Crippen MR) is 146 cm³/mol. The Morgan fingerprint density at radius 2 is 1.57 bits per heavy atom. The van der Waals surface area contributed by atoms with Gasteiger partial charge in [0.2, 0.25) is 0 Å². The highest BCUT2D eigenvalue weighted by atomic mass is 16.5. The Morgan fingerprint density at radius 1 is 0.892 bits per heavy atom. The van der Waals surface area contributed by atoms with Gasteiger partial charge in [0.1, 0.15) is 5.75 Å². The Balaban J connectivity index is 1.58. The van der Waals surface area contributed by atoms with Gasteiger partial charge in [0.25, 0.3) is 11.8 Å². The van der Waals surface area contributed by atoms with Gasteiger partial charge in [-0.3, -0.25) is 9.59 Å². The Morgan fingerprint density at radius 3 is 2.22 bits per heavy atom. The molecule has 7 heteroatoms. The Hall–Kier alpha value is -4.00. The van der Waals surface area contributed by atoms with Crippen molar-refractivity contribution in [2.45, 2.75) is 45.6 Å². The van der Waals surface area contributed by atoms with Crippen LogP contribution in [0.25, 0.3) is 0 Å². The van der Waals surface area contributed by atoms with Crippen LogP contribution < -0.4 is 24.8 Å². The van der Waals surface area contributed by atoms with Crippen molar-refractivity contribution in [3.8, 4) is 17.2 Å². The third-order valence-corrected chi connectivity index (χ3v) is 5.98. The molecule has 0 aliphatic rings. The van der Waals surface area contributed by atoms with Gasteiger partial charge in [0.05, 0.1) is 25.5 Å². The van der Waals surface area contributed by atoms with Crippen molar-refractivity contribution in [3.05, 3.63) is 83.4 Å². The maximum absolute atomic E-state index is 12.9. The largest absolute Gasteiger partial charge is 0.493 e. The summed E-state index contributed by atoms with van der Waals surface area (Å²) in [5.74, 6) is 1.28. The molecule has 0 radical (unpaired) electrons. The lowest BCUT2D eigenvalue weighted by Gasteiger charge is -2.20. The van der Waals surface area contributed by atoms with Gasteiger partial charge in [0.15, 0.2) is 17.6 Å². The maximum atomic E-state index is 12.9. The first-order valence-corrected chi connectivity index (χ1v) is 12.3. The van der Waals surface area contributed by atoms with Crippen LogP contribution in [0.15, 0.2) is 66.7 Å². The minimum atomic E-state index is -0.748. The molecule has 0 unspecified atom stereocenters. The van der Waals surface area contributed by atoms with E-state index < -0.39 is 6.10 Å². The third-order valence-electron chi connectivity index (χ3n) is 5.98. The van der Waals surface area contributed by atoms with Crippen molar-refractivity contribution in [2.24, 2.45) is 0 Å². The standard InChI is InChI=1S/C30H36N2O5/c1-20(37-23-14-12-22(13-15-23)30(2,3)4)28(33)32-25-10-8-7-9-24(25)29(34)31-18-17-21-11-16-26(35-5)27(19-21)36-6/h7-16,19-20H,17-18H2,1-6H3,(H,31,34)(H,32,33)/t20-/m0/s1. The molecule has 2 N–H and O–H groups in total. The molecule has 1 atom stereocenters. The molecule has 7 nitrogen and oxygen atoms in total. The predicted octanol–water partition coefficient (Wildman–Crippen LogP) is 5.38. The van der Waals surface area contributed by atoms with Gasteiger partial charge in [0, 0.05) is 6.54 Å². The van der Waals surface area contributed by atoms with Crippen molar-refractivity contribution >= 4 is 17.5 Å². The van der Waals surface area contributed by atoms with E-state index in [0.29, 0.717) is 41.5 Å². The minimum absolute atomic E-state index is 0.0350. The number of carbonyl (C=O) groups excluding carboxylic acids is 2. The number of benzene rings is 3. The molecule has 0 fully saturated rings. The van der Waals surface area contributed by atoms with Crippen LogP contribution in [0.5, 0.6) is 17.2 Å². The summed E-state index contributed by atoms with van der Waals surface area (Å²) in [4.78, 5) is 25.7. The van der Waals surface area contributed by atoms with Gasteiger partial charge in [-0.15, -0.1) is 0 Å². The lowest BCUT2D eigenvalue weighted by molar-refractivity contribution is -0.122. The van der Waals surface area contributed by atoms with Crippen LogP contribution in [0, 0.1) is 0 Å². The molecule has 0 bridgehead atoms. The number of hydrogen-bond donors (Lipinski definition) is 2. The van der Waals surface area contributed by atoms with Crippen molar-refractivity contribution < 1.29 is 23.8 Å². The number of carbonyl (C=O) groups is 2. The van der Waals surface area contributed by atoms with Crippen LogP contribution in [-0.2, 0) is 16.6 Å². The van der Waals surface area contributed by atoms with E-state index in [1.165, 1.54) is 5.56 Å². The van der Waals surface area contributed by atoms with Crippen LogP contribution in [0.3, 0.4) is 0 Å². The highest BCUT2D eigenvalue weighted by Crippen LogP contribution is 2.28. The average Bonchev–Trinajstić information content (AvgIpc) is 2.88. The summed E-state index contributed by atoms with van der Waals surface area (Å²) in [6.07, 6.45) is -0.138. The summed E-state index contributed by atoms with van der Waals surface area (Å²) in [7, 11) is 3.17. The molecule has 3 rings (SSSR count). The number of anilines is 1. The number of ether oxygens (including phenoxy) is 3. The van der Waals surface area contributed by atoms with E-state index in [4.69, 9.17) is 14.2 Å². The third kappa shape index (κ3) is 7.49. The molecule has 0 heterocycles. The molecule has 37 heavy (non-hydrogen) atoms. The van der Waals surface area contributed by atoms with Gasteiger partial charge in [-0.2, -0.15) is 0 Å². The first kappa shape index (κ1) is 27.6. The second-order valence-electron chi connectivity index (χ2n) is 9.76. The van der Waals surface area contributed by atoms with Gasteiger partial charge in [-0.05, 0) is 66.3 Å². The van der Waals surface area contributed by atoms with Crippen LogP contribution in [-0.4, -0.2) is 38.7 Å². The lowest BCUT2D eigenvalue weighted by atomic mass is 9.87. The summed E-state index contributed by atoms with van der Waals surface area (Å²) in [6.45, 7) is 8.52. The number of amides is 2. The fraction of sp³-hybridized carbons (Fsp3) is 0.333. The van der Waals surface area contributed by atoms with Crippen LogP contribution in [0.2, 0.25) is 0 Å². The molecule has 196 valence electrons. The number of rotatable bonds is 10. The van der Waals surface area contributed by atoms with Crippen molar-refractivity contribution in [2.75, 3.05) is 26.1 Å². The molecule has 0 aliphatic heterocycles. The number of para-hydroxylation sites is 1. The second kappa shape index (κ2) is 12.3. The topological polar surface area (TPSA) is 85.9 Å². The molecule has 3 aromatic carbocycles. The molecule has 0 aromatic heterocycles. The summed E-state index contributed by atoms with van der Waals surface area (Å²) in [5.41, 5.74) is 3.02. The van der Waals surface area contributed by atoms with Crippen LogP contribution >= 0.6 is 0 Å². The van der Waals surface area contributed by atoms with E-state index in [2.05, 4.69) is 31.4 Å². The van der Waals surface area contributed by atoms with Crippen molar-refractivity contribution in [3.63, 3.8) is 0 Å². The van der Waals surface area contributed by atoms with Gasteiger partial charge in [-0.1, -0.05) is 51.1 Å². The first-order valence-electron chi connectivity index (χ1n) is 12.3. The zero-order valence-electron chi connectivity index (χ0n) is 22.4. The normalized spacial score (nSPS) is 11.8. The van der Waals surface area contributed by atoms with E-state index in [-0.39, 0.29) is 17.2 Å². The molecule has 0 aliphatic carbocycles. The van der Waals surface area contributed by atoms with Crippen molar-refractivity contribution in [1.82, 2.24) is 5.32 Å². The summed E-state index contributed by atoms with van der Waals surface area (Å²) in [6, 6.07) is 20.3. The zero-order valence-corrected chi connectivity index (χ0v) is 22.4. The minimum Gasteiger partial charge on any atom is -0.493 e. The second-order valence-corrected chi connectivity index (χ2v) is 9.76. The van der Waals surface area contributed by atoms with E-state index >= 15 is 0 Å². The lowest BCUT2D eigenvalue weighted by Crippen LogP contribution is -2.32. The molecule has 0 spiro atoms. The number of methoxy groups -OCH3 is 2. The molecule has 0 saturated heterocycles. The summed E-state index contributed by atoms with van der Waals surface area (Å²) >= 11 is 0. The van der Waals surface area contributed by atoms with E-state index in [0.717, 1.165) is 5.56 Å². The van der Waals surface area contributed by atoms with E-state index in [1.807, 2.05) is 42.5 Å². The Kier molecular flexibility index (Phi) is 9.17. The Bertz CT molecular complexity index is 1220. The fourth-order valence-corrected chi connectivity index (χ4v) is 3.77. The molecular formula is C30H36N2O5. The summed E-state index contributed by atoms with van der Waals surface area (Å²) < 4.78 is 16.4. The number of hydrogen-bond acceptors (Lipinski definition) is 5. The SMILES string of the molecule is COc1ccc(CCNC(=O)c2ccccc2NC(=O)[C@H](C)Oc2ccc(C(C)(C)C)cc2)cc1OC. The summed E-state index contributed by atoms with van der Waals surface area (Å²) in [5, 5.41) is 5.75. The van der Waals surface area contributed by atoms with E-state index in [9.17, 15) is 9.59 Å². The van der Waals surface area contributed by atoms with Gasteiger partial charge < -0.3 is 24.8 Å². The monoisotopic (exact) mass is 504 g/mol. The number of nitrogens with one attached hydrogen (secondary N) is 2.